The molecule has 0 saturated heterocycles. The molecule has 0 aliphatic heterocycles. The van der Waals surface area contributed by atoms with Crippen molar-refractivity contribution in [2.45, 2.75) is 33.8 Å². The number of nitriles is 1. The van der Waals surface area contributed by atoms with E-state index in [1.807, 2.05) is 39.8 Å². The molecule has 0 aliphatic rings. The molecule has 0 heterocycles. The van der Waals surface area contributed by atoms with Crippen molar-refractivity contribution in [3.8, 4) is 23.3 Å². The van der Waals surface area contributed by atoms with Crippen LogP contribution in [0.3, 0.4) is 0 Å². The van der Waals surface area contributed by atoms with Gasteiger partial charge in [-0.3, -0.25) is 4.79 Å². The summed E-state index contributed by atoms with van der Waals surface area (Å²) in [5, 5.41) is 11.9. The zero-order chi connectivity index (χ0) is 20.7. The van der Waals surface area contributed by atoms with Crippen molar-refractivity contribution >= 4 is 27.5 Å². The lowest BCUT2D eigenvalue weighted by atomic mass is 10.2. The first-order valence-corrected chi connectivity index (χ1v) is 9.69. The van der Waals surface area contributed by atoms with Crippen LogP contribution < -0.4 is 19.5 Å². The first-order chi connectivity index (χ1) is 13.3. The molecule has 0 saturated carbocycles. The number of ether oxygens (including phenoxy) is 3. The zero-order valence-electron chi connectivity index (χ0n) is 16.3. The van der Waals surface area contributed by atoms with Crippen LogP contribution in [0.15, 0.2) is 34.8 Å². The first kappa shape index (κ1) is 21.6. The molecule has 0 fully saturated rings. The van der Waals surface area contributed by atoms with E-state index in [0.29, 0.717) is 33.8 Å². The minimum Gasteiger partial charge on any atom is -0.491 e. The van der Waals surface area contributed by atoms with Crippen LogP contribution in [-0.2, 0) is 4.79 Å². The number of carbonyl (C=O) groups is 1. The molecule has 0 bridgehead atoms. The fraction of sp³-hybridized carbons (Fsp3) is 0.333. The Labute approximate surface area is 173 Å². The van der Waals surface area contributed by atoms with Gasteiger partial charge in [-0.1, -0.05) is 0 Å². The molecule has 0 aliphatic carbocycles. The summed E-state index contributed by atoms with van der Waals surface area (Å²) in [6.45, 7) is 7.86. The van der Waals surface area contributed by atoms with Gasteiger partial charge in [-0.2, -0.15) is 5.26 Å². The summed E-state index contributed by atoms with van der Waals surface area (Å²) in [5.74, 6) is 1.24. The number of halogens is 1. The molecule has 1 N–H and O–H groups in total. The monoisotopic (exact) mass is 446 g/mol. The Hall–Kier alpha value is -2.72. The highest BCUT2D eigenvalue weighted by atomic mass is 79.9. The third kappa shape index (κ3) is 5.89. The Balaban J connectivity index is 2.06. The van der Waals surface area contributed by atoms with Gasteiger partial charge in [0.05, 0.1) is 28.8 Å². The van der Waals surface area contributed by atoms with Gasteiger partial charge in [0.1, 0.15) is 5.75 Å². The second-order valence-corrected chi connectivity index (χ2v) is 7.16. The van der Waals surface area contributed by atoms with E-state index in [1.54, 1.807) is 18.2 Å². The minimum absolute atomic E-state index is 0.0821. The van der Waals surface area contributed by atoms with Crippen molar-refractivity contribution in [3.05, 3.63) is 45.9 Å². The number of nitrogens with zero attached hydrogens (tertiary/aromatic N) is 1. The average Bonchev–Trinajstić information content (AvgIpc) is 2.62. The predicted octanol–water partition coefficient (Wildman–Crippen LogP) is 4.83. The fourth-order valence-electron chi connectivity index (χ4n) is 2.48. The van der Waals surface area contributed by atoms with Gasteiger partial charge in [0, 0.05) is 11.8 Å². The van der Waals surface area contributed by atoms with Gasteiger partial charge < -0.3 is 19.5 Å². The molecule has 2 aromatic carbocycles. The quantitative estimate of drug-likeness (QED) is 0.627. The second kappa shape index (κ2) is 10.00. The molecule has 2 aromatic rings. The van der Waals surface area contributed by atoms with Gasteiger partial charge in [0.2, 0.25) is 0 Å². The number of amides is 1. The molecule has 28 heavy (non-hydrogen) atoms. The Bertz CT molecular complexity index is 891. The van der Waals surface area contributed by atoms with Crippen LogP contribution in [0.2, 0.25) is 0 Å². The van der Waals surface area contributed by atoms with E-state index >= 15 is 0 Å². The van der Waals surface area contributed by atoms with E-state index in [2.05, 4.69) is 27.3 Å². The maximum absolute atomic E-state index is 12.3. The van der Waals surface area contributed by atoms with Crippen LogP contribution in [-0.4, -0.2) is 25.2 Å². The summed E-state index contributed by atoms with van der Waals surface area (Å²) in [4.78, 5) is 12.3. The number of carbonyl (C=O) groups excluding carboxylic acids is 1. The summed E-state index contributed by atoms with van der Waals surface area (Å²) < 4.78 is 17.4. The van der Waals surface area contributed by atoms with Crippen molar-refractivity contribution in [2.75, 3.05) is 18.5 Å². The third-order valence-electron chi connectivity index (χ3n) is 3.63. The van der Waals surface area contributed by atoms with E-state index in [0.717, 1.165) is 11.3 Å². The number of anilines is 1. The lowest BCUT2D eigenvalue weighted by Gasteiger charge is -2.15. The molecule has 2 rings (SSSR count). The van der Waals surface area contributed by atoms with Crippen molar-refractivity contribution < 1.29 is 19.0 Å². The molecule has 0 atom stereocenters. The van der Waals surface area contributed by atoms with Crippen molar-refractivity contribution in [1.29, 1.82) is 5.26 Å². The molecular formula is C21H23BrN2O4. The molecule has 0 unspecified atom stereocenters. The molecule has 148 valence electrons. The maximum Gasteiger partial charge on any atom is 0.262 e. The molecule has 6 nitrogen and oxygen atoms in total. The standard InChI is InChI=1S/C21H23BrN2O4/c1-5-26-19-10-15(11-23)9-17(22)21(19)27-12-20(25)24-18-7-6-16(8-14(18)4)28-13(2)3/h6-10,13H,5,12H2,1-4H3,(H,24,25). The van der Waals surface area contributed by atoms with Crippen LogP contribution in [0.5, 0.6) is 17.2 Å². The van der Waals surface area contributed by atoms with Crippen molar-refractivity contribution in [1.82, 2.24) is 0 Å². The normalized spacial score (nSPS) is 10.3. The number of rotatable bonds is 8. The molecule has 1 amide bonds. The topological polar surface area (TPSA) is 80.6 Å². The Morgan fingerprint density at radius 3 is 2.61 bits per heavy atom. The largest absolute Gasteiger partial charge is 0.491 e. The maximum atomic E-state index is 12.3. The predicted molar refractivity (Wildman–Crippen MR) is 111 cm³/mol. The highest BCUT2D eigenvalue weighted by Gasteiger charge is 2.15. The van der Waals surface area contributed by atoms with Gasteiger partial charge in [0.25, 0.3) is 5.91 Å². The first-order valence-electron chi connectivity index (χ1n) is 8.90. The fourth-order valence-corrected chi connectivity index (χ4v) is 3.04. The third-order valence-corrected chi connectivity index (χ3v) is 4.22. The van der Waals surface area contributed by atoms with Crippen molar-refractivity contribution in [2.24, 2.45) is 0 Å². The van der Waals surface area contributed by atoms with E-state index < -0.39 is 0 Å². The Morgan fingerprint density at radius 1 is 1.25 bits per heavy atom. The number of hydrogen-bond donors (Lipinski definition) is 1. The van der Waals surface area contributed by atoms with Crippen LogP contribution in [0.1, 0.15) is 31.9 Å². The summed E-state index contributed by atoms with van der Waals surface area (Å²) in [6.07, 6.45) is 0.0821. The smallest absolute Gasteiger partial charge is 0.262 e. The number of nitrogens with one attached hydrogen (secondary N) is 1. The second-order valence-electron chi connectivity index (χ2n) is 6.31. The highest BCUT2D eigenvalue weighted by molar-refractivity contribution is 9.10. The number of hydrogen-bond acceptors (Lipinski definition) is 5. The SMILES string of the molecule is CCOc1cc(C#N)cc(Br)c1OCC(=O)Nc1ccc(OC(C)C)cc1C. The van der Waals surface area contributed by atoms with Gasteiger partial charge in [-0.25, -0.2) is 0 Å². The number of aryl methyl sites for hydroxylation is 1. The zero-order valence-corrected chi connectivity index (χ0v) is 17.9. The van der Waals surface area contributed by atoms with Crippen LogP contribution in [0.25, 0.3) is 0 Å². The van der Waals surface area contributed by atoms with E-state index in [9.17, 15) is 4.79 Å². The van der Waals surface area contributed by atoms with Crippen molar-refractivity contribution in [3.63, 3.8) is 0 Å². The lowest BCUT2D eigenvalue weighted by Crippen LogP contribution is -2.21. The molecular weight excluding hydrogens is 424 g/mol. The van der Waals surface area contributed by atoms with E-state index in [-0.39, 0.29) is 18.6 Å². The summed E-state index contributed by atoms with van der Waals surface area (Å²) >= 11 is 3.36. The average molecular weight is 447 g/mol. The van der Waals surface area contributed by atoms with Gasteiger partial charge in [-0.05, 0) is 73.5 Å². The Kier molecular flexibility index (Phi) is 7.70. The van der Waals surface area contributed by atoms with Crippen LogP contribution in [0, 0.1) is 18.3 Å². The molecule has 0 radical (unpaired) electrons. The Morgan fingerprint density at radius 2 is 2.00 bits per heavy atom. The van der Waals surface area contributed by atoms with Gasteiger partial charge in [0.15, 0.2) is 18.1 Å². The van der Waals surface area contributed by atoms with Gasteiger partial charge in [-0.15, -0.1) is 0 Å². The summed E-state index contributed by atoms with van der Waals surface area (Å²) in [7, 11) is 0. The summed E-state index contributed by atoms with van der Waals surface area (Å²) in [6, 6.07) is 10.7. The lowest BCUT2D eigenvalue weighted by molar-refractivity contribution is -0.118. The molecule has 0 spiro atoms. The number of benzene rings is 2. The summed E-state index contributed by atoms with van der Waals surface area (Å²) in [5.41, 5.74) is 2.01. The van der Waals surface area contributed by atoms with E-state index in [4.69, 9.17) is 19.5 Å². The molecule has 7 heteroatoms. The van der Waals surface area contributed by atoms with Crippen LogP contribution >= 0.6 is 15.9 Å². The van der Waals surface area contributed by atoms with Crippen LogP contribution in [0.4, 0.5) is 5.69 Å². The van der Waals surface area contributed by atoms with Gasteiger partial charge >= 0.3 is 0 Å². The highest BCUT2D eigenvalue weighted by Crippen LogP contribution is 2.36. The molecule has 0 aromatic heterocycles. The van der Waals surface area contributed by atoms with E-state index in [1.165, 1.54) is 0 Å². The minimum atomic E-state index is -0.306.